The smallest absolute Gasteiger partial charge is 0.323 e. The quantitative estimate of drug-likeness (QED) is 0.368. The van der Waals surface area contributed by atoms with Gasteiger partial charge in [-0.15, -0.1) is 0 Å². The van der Waals surface area contributed by atoms with Crippen molar-refractivity contribution in [2.45, 2.75) is 19.4 Å². The van der Waals surface area contributed by atoms with Gasteiger partial charge in [0.1, 0.15) is 11.4 Å². The Morgan fingerprint density at radius 3 is 2.77 bits per heavy atom. The minimum absolute atomic E-state index is 0.214. The van der Waals surface area contributed by atoms with Crippen molar-refractivity contribution < 1.29 is 19.1 Å². The molecule has 0 radical (unpaired) electrons. The number of aryl methyl sites for hydroxylation is 1. The highest BCUT2D eigenvalue weighted by molar-refractivity contribution is 6.16. The zero-order valence-electron chi connectivity index (χ0n) is 21.9. The van der Waals surface area contributed by atoms with E-state index in [-0.39, 0.29) is 17.1 Å². The zero-order valence-corrected chi connectivity index (χ0v) is 21.9. The van der Waals surface area contributed by atoms with Crippen LogP contribution in [0.15, 0.2) is 66.9 Å². The molecule has 1 fully saturated rings. The number of benzene rings is 1. The summed E-state index contributed by atoms with van der Waals surface area (Å²) in [6.45, 7) is 6.30. The lowest BCUT2D eigenvalue weighted by Gasteiger charge is -2.39. The zero-order chi connectivity index (χ0) is 27.1. The average Bonchev–Trinajstić information content (AvgIpc) is 3.40. The highest BCUT2D eigenvalue weighted by Gasteiger charge is 2.31. The molecule has 2 aliphatic heterocycles. The maximum atomic E-state index is 13.4. The van der Waals surface area contributed by atoms with Crippen molar-refractivity contribution in [1.82, 2.24) is 14.5 Å². The molecule has 39 heavy (non-hydrogen) atoms. The number of rotatable bonds is 4. The summed E-state index contributed by atoms with van der Waals surface area (Å²) in [5.74, 6) is 0.404. The van der Waals surface area contributed by atoms with E-state index in [2.05, 4.69) is 39.3 Å². The number of hydrogen-bond acceptors (Lipinski definition) is 7. The second-order valence-corrected chi connectivity index (χ2v) is 10.2. The second-order valence-electron chi connectivity index (χ2n) is 10.2. The topological polar surface area (TPSA) is 111 Å². The molecule has 198 valence electrons. The number of Topliss-reactive ketones (excluding diaryl/α,β-unsaturated/α-hetero) is 1. The first kappa shape index (κ1) is 24.6. The van der Waals surface area contributed by atoms with Gasteiger partial charge in [-0.1, -0.05) is 0 Å². The molecule has 2 aliphatic rings. The van der Waals surface area contributed by atoms with Gasteiger partial charge in [0.15, 0.2) is 5.76 Å². The SMILES string of the molecule is Cn1cc(C=C2Oc3ccc(NC(=O)Nc4cccnc4)cc3C2=O)c2c(N3CCOC(C)(C)C3)ccnc21. The van der Waals surface area contributed by atoms with E-state index < -0.39 is 6.03 Å². The Morgan fingerprint density at radius 2 is 1.97 bits per heavy atom. The van der Waals surface area contributed by atoms with Gasteiger partial charge in [0.2, 0.25) is 5.78 Å². The van der Waals surface area contributed by atoms with Crippen LogP contribution in [0, 0.1) is 0 Å². The molecule has 2 N–H and O–H groups in total. The van der Waals surface area contributed by atoms with E-state index in [1.165, 1.54) is 0 Å². The number of anilines is 3. The third-order valence-electron chi connectivity index (χ3n) is 6.76. The molecule has 6 rings (SSSR count). The van der Waals surface area contributed by atoms with Crippen molar-refractivity contribution in [2.24, 2.45) is 7.05 Å². The first-order valence-corrected chi connectivity index (χ1v) is 12.7. The number of carbonyl (C=O) groups is 2. The summed E-state index contributed by atoms with van der Waals surface area (Å²) in [6.07, 6.45) is 8.70. The molecule has 3 aromatic heterocycles. The van der Waals surface area contributed by atoms with Crippen LogP contribution >= 0.6 is 0 Å². The van der Waals surface area contributed by atoms with Crippen LogP contribution in [0.1, 0.15) is 29.8 Å². The van der Waals surface area contributed by atoms with Gasteiger partial charge in [0.05, 0.1) is 35.3 Å². The summed E-state index contributed by atoms with van der Waals surface area (Å²) in [5, 5.41) is 6.41. The molecule has 10 nitrogen and oxygen atoms in total. The number of aromatic nitrogens is 3. The summed E-state index contributed by atoms with van der Waals surface area (Å²) < 4.78 is 13.8. The van der Waals surface area contributed by atoms with Crippen LogP contribution in [0.2, 0.25) is 0 Å². The molecular weight excluding hydrogens is 496 g/mol. The molecule has 0 saturated carbocycles. The van der Waals surface area contributed by atoms with Crippen LogP contribution in [0.25, 0.3) is 17.1 Å². The summed E-state index contributed by atoms with van der Waals surface area (Å²) in [5.41, 5.74) is 3.84. The number of fused-ring (bicyclic) bond motifs is 2. The summed E-state index contributed by atoms with van der Waals surface area (Å²) >= 11 is 0. The fourth-order valence-electron chi connectivity index (χ4n) is 5.05. The van der Waals surface area contributed by atoms with Crippen molar-refractivity contribution in [3.63, 3.8) is 0 Å². The van der Waals surface area contributed by atoms with Gasteiger partial charge in [-0.25, -0.2) is 9.78 Å². The minimum atomic E-state index is -0.438. The molecule has 1 aromatic carbocycles. The largest absolute Gasteiger partial charge is 0.452 e. The van der Waals surface area contributed by atoms with Gasteiger partial charge in [-0.05, 0) is 56.3 Å². The van der Waals surface area contributed by atoms with E-state index in [0.29, 0.717) is 29.3 Å². The Labute approximate surface area is 225 Å². The molecule has 4 aromatic rings. The van der Waals surface area contributed by atoms with Gasteiger partial charge in [-0.2, -0.15) is 0 Å². The standard InChI is InChI=1S/C29H28N6O4/c1-29(2)17-35(11-12-38-29)22-8-10-31-27-25(22)18(16-34(27)3)13-24-26(36)21-14-19(6-7-23(21)39-24)32-28(37)33-20-5-4-9-30-15-20/h4-10,13-16H,11-12,17H2,1-3H3,(H2,32,33,37). The number of morpholine rings is 1. The van der Waals surface area contributed by atoms with Crippen molar-refractivity contribution in [3.05, 3.63) is 78.1 Å². The lowest BCUT2D eigenvalue weighted by Crippen LogP contribution is -2.48. The molecule has 1 saturated heterocycles. The summed E-state index contributed by atoms with van der Waals surface area (Å²) in [4.78, 5) is 36.6. The number of amides is 2. The highest BCUT2D eigenvalue weighted by Crippen LogP contribution is 2.37. The van der Waals surface area contributed by atoms with E-state index >= 15 is 0 Å². The Kier molecular flexibility index (Phi) is 6.03. The number of nitrogens with zero attached hydrogens (tertiary/aromatic N) is 4. The molecule has 5 heterocycles. The monoisotopic (exact) mass is 524 g/mol. The maximum absolute atomic E-state index is 13.4. The number of hydrogen-bond donors (Lipinski definition) is 2. The van der Waals surface area contributed by atoms with Crippen LogP contribution in [0.4, 0.5) is 21.9 Å². The number of nitrogens with one attached hydrogen (secondary N) is 2. The van der Waals surface area contributed by atoms with Gasteiger partial charge in [0, 0.05) is 55.4 Å². The first-order chi connectivity index (χ1) is 18.8. The van der Waals surface area contributed by atoms with E-state index in [1.807, 2.05) is 30.1 Å². The van der Waals surface area contributed by atoms with Crippen molar-refractivity contribution in [2.75, 3.05) is 35.2 Å². The third-order valence-corrected chi connectivity index (χ3v) is 6.76. The Morgan fingerprint density at radius 1 is 1.13 bits per heavy atom. The fourth-order valence-corrected chi connectivity index (χ4v) is 5.05. The van der Waals surface area contributed by atoms with Crippen LogP contribution < -0.4 is 20.3 Å². The first-order valence-electron chi connectivity index (χ1n) is 12.7. The fraction of sp³-hybridized carbons (Fsp3) is 0.241. The number of ketones is 1. The van der Waals surface area contributed by atoms with Crippen LogP contribution in [-0.2, 0) is 11.8 Å². The van der Waals surface area contributed by atoms with Gasteiger partial charge in [0.25, 0.3) is 0 Å². The molecule has 0 aliphatic carbocycles. The molecule has 0 bridgehead atoms. The van der Waals surface area contributed by atoms with Crippen molar-refractivity contribution >= 4 is 46.0 Å². The van der Waals surface area contributed by atoms with Gasteiger partial charge in [-0.3, -0.25) is 9.78 Å². The normalized spacial score (nSPS) is 17.3. The molecule has 0 unspecified atom stereocenters. The number of pyridine rings is 2. The third kappa shape index (κ3) is 4.82. The maximum Gasteiger partial charge on any atom is 0.323 e. The number of carbonyl (C=O) groups excluding carboxylic acids is 2. The Balaban J connectivity index is 1.28. The summed E-state index contributed by atoms with van der Waals surface area (Å²) in [6, 6.07) is 10.0. The molecular formula is C29H28N6O4. The van der Waals surface area contributed by atoms with E-state index in [0.717, 1.165) is 35.4 Å². The Hall–Kier alpha value is -4.70. The molecule has 2 amide bonds. The average molecular weight is 525 g/mol. The van der Waals surface area contributed by atoms with E-state index in [4.69, 9.17) is 9.47 Å². The van der Waals surface area contributed by atoms with E-state index in [9.17, 15) is 9.59 Å². The predicted molar refractivity (Wildman–Crippen MR) is 149 cm³/mol. The number of urea groups is 1. The molecule has 0 atom stereocenters. The summed E-state index contributed by atoms with van der Waals surface area (Å²) in [7, 11) is 1.94. The Bertz CT molecular complexity index is 1630. The number of ether oxygens (including phenoxy) is 2. The lowest BCUT2D eigenvalue weighted by molar-refractivity contribution is -0.0276. The van der Waals surface area contributed by atoms with Gasteiger partial charge >= 0.3 is 6.03 Å². The molecule has 0 spiro atoms. The lowest BCUT2D eigenvalue weighted by atomic mass is 10.0. The highest BCUT2D eigenvalue weighted by atomic mass is 16.5. The van der Waals surface area contributed by atoms with Crippen molar-refractivity contribution in [3.8, 4) is 5.75 Å². The minimum Gasteiger partial charge on any atom is -0.452 e. The van der Waals surface area contributed by atoms with Crippen LogP contribution in [-0.4, -0.2) is 51.6 Å². The molecule has 10 heteroatoms. The van der Waals surface area contributed by atoms with E-state index in [1.54, 1.807) is 48.8 Å². The van der Waals surface area contributed by atoms with Crippen LogP contribution in [0.3, 0.4) is 0 Å². The second kappa shape index (κ2) is 9.55. The van der Waals surface area contributed by atoms with Gasteiger partial charge < -0.3 is 29.6 Å². The number of allylic oxidation sites excluding steroid dienone is 1. The van der Waals surface area contributed by atoms with Crippen LogP contribution in [0.5, 0.6) is 5.75 Å². The predicted octanol–water partition coefficient (Wildman–Crippen LogP) is 4.84. The van der Waals surface area contributed by atoms with Crippen molar-refractivity contribution in [1.29, 1.82) is 0 Å².